The van der Waals surface area contributed by atoms with Gasteiger partial charge in [0.2, 0.25) is 0 Å². The molecule has 0 aliphatic heterocycles. The third-order valence-corrected chi connectivity index (χ3v) is 3.99. The summed E-state index contributed by atoms with van der Waals surface area (Å²) < 4.78 is 0. The van der Waals surface area contributed by atoms with Crippen LogP contribution in [0.5, 0.6) is 0 Å². The Balaban J connectivity index is 1.79. The highest BCUT2D eigenvalue weighted by Gasteiger charge is 2.16. The van der Waals surface area contributed by atoms with Crippen LogP contribution in [0, 0.1) is 0 Å². The maximum absolute atomic E-state index is 12.6. The molecule has 3 aromatic rings. The minimum absolute atomic E-state index is 0.0306. The Morgan fingerprint density at radius 2 is 2.04 bits per heavy atom. The first-order chi connectivity index (χ1) is 11.3. The molecule has 1 aromatic carbocycles. The number of unbranched alkanes of at least 4 members (excludes halogenated alkanes) is 1. The van der Waals surface area contributed by atoms with Crippen molar-refractivity contribution in [3.05, 3.63) is 66.0 Å². The number of nitrogens with one attached hydrogen (secondary N) is 2. The van der Waals surface area contributed by atoms with Crippen molar-refractivity contribution in [3.8, 4) is 0 Å². The highest BCUT2D eigenvalue weighted by Crippen LogP contribution is 2.20. The zero-order valence-corrected chi connectivity index (χ0v) is 13.3. The third kappa shape index (κ3) is 3.59. The molecule has 1 unspecified atom stereocenters. The van der Waals surface area contributed by atoms with Gasteiger partial charge in [0, 0.05) is 11.6 Å². The average molecular weight is 307 g/mol. The lowest BCUT2D eigenvalue weighted by Crippen LogP contribution is -2.28. The molecular weight excluding hydrogens is 286 g/mol. The van der Waals surface area contributed by atoms with Gasteiger partial charge in [0.05, 0.1) is 6.04 Å². The molecule has 2 heterocycles. The van der Waals surface area contributed by atoms with E-state index in [1.807, 2.05) is 36.4 Å². The maximum atomic E-state index is 12.6. The van der Waals surface area contributed by atoms with E-state index < -0.39 is 0 Å². The summed E-state index contributed by atoms with van der Waals surface area (Å²) in [5, 5.41) is 4.09. The molecule has 23 heavy (non-hydrogen) atoms. The molecule has 2 N–H and O–H groups in total. The normalized spacial score (nSPS) is 12.2. The lowest BCUT2D eigenvalue weighted by atomic mass is 10.0. The highest BCUT2D eigenvalue weighted by molar-refractivity contribution is 5.97. The Morgan fingerprint density at radius 1 is 1.22 bits per heavy atom. The summed E-state index contributed by atoms with van der Waals surface area (Å²) in [4.78, 5) is 19.9. The summed E-state index contributed by atoms with van der Waals surface area (Å²) in [5.41, 5.74) is 2.43. The van der Waals surface area contributed by atoms with Crippen molar-refractivity contribution in [2.24, 2.45) is 0 Å². The van der Waals surface area contributed by atoms with Gasteiger partial charge in [-0.25, -0.2) is 4.98 Å². The van der Waals surface area contributed by atoms with Crippen molar-refractivity contribution in [1.29, 1.82) is 0 Å². The van der Waals surface area contributed by atoms with Gasteiger partial charge in [-0.1, -0.05) is 50.1 Å². The number of hydrogen-bond acceptors (Lipinski definition) is 2. The molecule has 1 atom stereocenters. The summed E-state index contributed by atoms with van der Waals surface area (Å²) in [7, 11) is 0. The van der Waals surface area contributed by atoms with Gasteiger partial charge < -0.3 is 10.3 Å². The van der Waals surface area contributed by atoms with Gasteiger partial charge in [0.1, 0.15) is 11.3 Å². The fourth-order valence-electron chi connectivity index (χ4n) is 2.73. The number of H-pyrrole nitrogens is 1. The van der Waals surface area contributed by atoms with Gasteiger partial charge in [-0.05, 0) is 30.2 Å². The quantitative estimate of drug-likeness (QED) is 0.716. The Hall–Kier alpha value is -2.62. The van der Waals surface area contributed by atoms with Crippen LogP contribution in [-0.2, 0) is 0 Å². The molecule has 1 amide bonds. The number of benzene rings is 1. The number of hydrogen-bond donors (Lipinski definition) is 2. The number of pyridine rings is 1. The number of carbonyl (C=O) groups is 1. The summed E-state index contributed by atoms with van der Waals surface area (Å²) in [6.45, 7) is 2.16. The minimum Gasteiger partial charge on any atom is -0.344 e. The molecule has 0 saturated heterocycles. The van der Waals surface area contributed by atoms with E-state index in [0.29, 0.717) is 5.69 Å². The van der Waals surface area contributed by atoms with Crippen molar-refractivity contribution in [1.82, 2.24) is 15.3 Å². The van der Waals surface area contributed by atoms with E-state index in [1.165, 1.54) is 0 Å². The van der Waals surface area contributed by atoms with Crippen LogP contribution in [0.3, 0.4) is 0 Å². The molecule has 4 nitrogen and oxygen atoms in total. The number of carbonyl (C=O) groups excluding carboxylic acids is 1. The smallest absolute Gasteiger partial charge is 0.268 e. The first-order valence-corrected chi connectivity index (χ1v) is 8.07. The summed E-state index contributed by atoms with van der Waals surface area (Å²) >= 11 is 0. The number of rotatable bonds is 6. The van der Waals surface area contributed by atoms with Crippen LogP contribution in [0.1, 0.15) is 48.3 Å². The highest BCUT2D eigenvalue weighted by atomic mass is 16.1. The van der Waals surface area contributed by atoms with Gasteiger partial charge in [-0.15, -0.1) is 0 Å². The lowest BCUT2D eigenvalue weighted by molar-refractivity contribution is 0.0930. The maximum Gasteiger partial charge on any atom is 0.268 e. The monoisotopic (exact) mass is 307 g/mol. The number of amides is 1. The van der Waals surface area contributed by atoms with Gasteiger partial charge in [0.15, 0.2) is 0 Å². The van der Waals surface area contributed by atoms with E-state index in [4.69, 9.17) is 0 Å². The van der Waals surface area contributed by atoms with Crippen molar-refractivity contribution in [2.75, 3.05) is 0 Å². The van der Waals surface area contributed by atoms with Crippen LogP contribution < -0.4 is 5.32 Å². The molecule has 0 bridgehead atoms. The fraction of sp³-hybridized carbons (Fsp3) is 0.263. The van der Waals surface area contributed by atoms with Gasteiger partial charge in [-0.3, -0.25) is 4.79 Å². The second-order valence-electron chi connectivity index (χ2n) is 5.70. The molecule has 0 aliphatic rings. The van der Waals surface area contributed by atoms with E-state index in [-0.39, 0.29) is 11.9 Å². The molecule has 118 valence electrons. The zero-order valence-electron chi connectivity index (χ0n) is 13.3. The predicted octanol–water partition coefficient (Wildman–Crippen LogP) is 4.22. The van der Waals surface area contributed by atoms with Crippen LogP contribution in [-0.4, -0.2) is 15.9 Å². The topological polar surface area (TPSA) is 57.8 Å². The second kappa shape index (κ2) is 7.09. The van der Waals surface area contributed by atoms with E-state index >= 15 is 0 Å². The Kier molecular flexibility index (Phi) is 4.71. The van der Waals surface area contributed by atoms with Crippen LogP contribution in [0.2, 0.25) is 0 Å². The molecule has 0 radical (unpaired) electrons. The molecule has 4 heteroatoms. The minimum atomic E-state index is -0.0899. The van der Waals surface area contributed by atoms with Crippen LogP contribution in [0.4, 0.5) is 0 Å². The first-order valence-electron chi connectivity index (χ1n) is 8.07. The Bertz CT molecular complexity index is 746. The van der Waals surface area contributed by atoms with Crippen LogP contribution >= 0.6 is 0 Å². The third-order valence-electron chi connectivity index (χ3n) is 3.99. The standard InChI is InChI=1S/C19H21N3O/c1-2-3-11-16(14-8-5-4-6-9-14)22-19(23)17-13-15-10-7-12-20-18(15)21-17/h4-10,12-13,16H,2-3,11H2,1H3,(H,20,21)(H,22,23). The first kappa shape index (κ1) is 15.3. The average Bonchev–Trinajstić information content (AvgIpc) is 3.03. The molecule has 0 saturated carbocycles. The van der Waals surface area contributed by atoms with Gasteiger partial charge in [0.25, 0.3) is 5.91 Å². The predicted molar refractivity (Wildman–Crippen MR) is 92.3 cm³/mol. The number of fused-ring (bicyclic) bond motifs is 1. The summed E-state index contributed by atoms with van der Waals surface area (Å²) in [6, 6.07) is 15.8. The van der Waals surface area contributed by atoms with Crippen molar-refractivity contribution < 1.29 is 4.79 Å². The SMILES string of the molecule is CCCCC(NC(=O)c1cc2cccnc2[nH]1)c1ccccc1. The Labute approximate surface area is 136 Å². The van der Waals surface area contributed by atoms with Crippen LogP contribution in [0.15, 0.2) is 54.7 Å². The second-order valence-corrected chi connectivity index (χ2v) is 5.70. The zero-order chi connectivity index (χ0) is 16.1. The van der Waals surface area contributed by atoms with E-state index in [0.717, 1.165) is 35.9 Å². The molecule has 2 aromatic heterocycles. The van der Waals surface area contributed by atoms with E-state index in [2.05, 4.69) is 34.3 Å². The summed E-state index contributed by atoms with van der Waals surface area (Å²) in [5.74, 6) is -0.0899. The number of aromatic amines is 1. The Morgan fingerprint density at radius 3 is 2.78 bits per heavy atom. The van der Waals surface area contributed by atoms with Crippen LogP contribution in [0.25, 0.3) is 11.0 Å². The summed E-state index contributed by atoms with van der Waals surface area (Å²) in [6.07, 6.45) is 4.84. The number of aromatic nitrogens is 2. The van der Waals surface area contributed by atoms with E-state index in [9.17, 15) is 4.79 Å². The molecule has 0 aliphatic carbocycles. The molecule has 0 spiro atoms. The van der Waals surface area contributed by atoms with Crippen molar-refractivity contribution in [3.63, 3.8) is 0 Å². The lowest BCUT2D eigenvalue weighted by Gasteiger charge is -2.18. The number of nitrogens with zero attached hydrogens (tertiary/aromatic N) is 1. The van der Waals surface area contributed by atoms with Gasteiger partial charge >= 0.3 is 0 Å². The van der Waals surface area contributed by atoms with E-state index in [1.54, 1.807) is 6.20 Å². The molecule has 0 fully saturated rings. The van der Waals surface area contributed by atoms with Crippen molar-refractivity contribution in [2.45, 2.75) is 32.2 Å². The van der Waals surface area contributed by atoms with Gasteiger partial charge in [-0.2, -0.15) is 0 Å². The largest absolute Gasteiger partial charge is 0.344 e. The fourth-order valence-corrected chi connectivity index (χ4v) is 2.73. The molecular formula is C19H21N3O. The van der Waals surface area contributed by atoms with Crippen molar-refractivity contribution >= 4 is 16.9 Å². The molecule has 3 rings (SSSR count).